The van der Waals surface area contributed by atoms with Gasteiger partial charge in [0.2, 0.25) is 5.91 Å². The fraction of sp³-hybridized carbons (Fsp3) is 0.316. The average molecular weight is 408 g/mol. The number of aromatic nitrogens is 1. The van der Waals surface area contributed by atoms with Crippen LogP contribution in [0, 0.1) is 6.92 Å². The van der Waals surface area contributed by atoms with Crippen LogP contribution in [0.1, 0.15) is 22.7 Å². The number of carbonyl (C=O) groups excluding carboxylic acids is 2. The van der Waals surface area contributed by atoms with Crippen molar-refractivity contribution in [3.05, 3.63) is 53.2 Å². The van der Waals surface area contributed by atoms with E-state index in [0.717, 1.165) is 17.7 Å². The molecule has 0 spiro atoms. The van der Waals surface area contributed by atoms with Gasteiger partial charge in [0.25, 0.3) is 0 Å². The Morgan fingerprint density at radius 3 is 2.66 bits per heavy atom. The standard InChI is InChI=1S/C19H19F3N4O3/c1-11-7-14-17(23-8-11)26(9-16(27)24-14)18(28)25-15(10-29-2)12-3-5-13(6-4-12)19(20,21)22/h3-8,15H,9-10H2,1-2H3,(H,24,27)(H,25,28). The zero-order valence-electron chi connectivity index (χ0n) is 15.7. The number of nitrogens with one attached hydrogen (secondary N) is 2. The Morgan fingerprint density at radius 2 is 2.03 bits per heavy atom. The summed E-state index contributed by atoms with van der Waals surface area (Å²) in [5, 5.41) is 5.36. The zero-order valence-corrected chi connectivity index (χ0v) is 15.7. The largest absolute Gasteiger partial charge is 0.416 e. The lowest BCUT2D eigenvalue weighted by molar-refractivity contribution is -0.137. The maximum Gasteiger partial charge on any atom is 0.416 e. The van der Waals surface area contributed by atoms with Crippen molar-refractivity contribution in [3.8, 4) is 0 Å². The number of ether oxygens (including phenoxy) is 1. The number of pyridine rings is 1. The lowest BCUT2D eigenvalue weighted by Gasteiger charge is -2.30. The van der Waals surface area contributed by atoms with E-state index >= 15 is 0 Å². The second-order valence-corrected chi connectivity index (χ2v) is 6.60. The van der Waals surface area contributed by atoms with Crippen LogP contribution in [0.4, 0.5) is 29.5 Å². The van der Waals surface area contributed by atoms with Gasteiger partial charge in [0, 0.05) is 13.3 Å². The first-order valence-corrected chi connectivity index (χ1v) is 8.69. The van der Waals surface area contributed by atoms with Gasteiger partial charge in [-0.2, -0.15) is 13.2 Å². The van der Waals surface area contributed by atoms with E-state index in [1.165, 1.54) is 24.1 Å². The number of hydrogen-bond acceptors (Lipinski definition) is 4. The van der Waals surface area contributed by atoms with Crippen LogP contribution in [-0.2, 0) is 15.7 Å². The van der Waals surface area contributed by atoms with E-state index in [1.54, 1.807) is 19.2 Å². The molecule has 3 rings (SSSR count). The average Bonchev–Trinajstić information content (AvgIpc) is 2.66. The lowest BCUT2D eigenvalue weighted by atomic mass is 10.1. The van der Waals surface area contributed by atoms with Gasteiger partial charge in [0.15, 0.2) is 5.82 Å². The number of urea groups is 1. The Balaban J connectivity index is 1.83. The molecule has 1 aromatic heterocycles. The summed E-state index contributed by atoms with van der Waals surface area (Å²) in [6, 6.07) is 4.82. The molecule has 0 aliphatic carbocycles. The summed E-state index contributed by atoms with van der Waals surface area (Å²) in [6.07, 6.45) is -2.88. The van der Waals surface area contributed by atoms with Crippen molar-refractivity contribution >= 4 is 23.4 Å². The monoisotopic (exact) mass is 408 g/mol. The van der Waals surface area contributed by atoms with Gasteiger partial charge in [0.1, 0.15) is 6.54 Å². The third kappa shape index (κ3) is 4.65. The molecule has 0 saturated heterocycles. The van der Waals surface area contributed by atoms with Crippen LogP contribution in [0.25, 0.3) is 0 Å². The van der Waals surface area contributed by atoms with E-state index in [2.05, 4.69) is 15.6 Å². The smallest absolute Gasteiger partial charge is 0.382 e. The minimum Gasteiger partial charge on any atom is -0.382 e. The van der Waals surface area contributed by atoms with Gasteiger partial charge >= 0.3 is 12.2 Å². The Morgan fingerprint density at radius 1 is 1.34 bits per heavy atom. The summed E-state index contributed by atoms with van der Waals surface area (Å²) < 4.78 is 43.4. The second-order valence-electron chi connectivity index (χ2n) is 6.60. The summed E-state index contributed by atoms with van der Waals surface area (Å²) in [7, 11) is 1.41. The fourth-order valence-electron chi connectivity index (χ4n) is 2.96. The minimum atomic E-state index is -4.45. The molecule has 2 heterocycles. The van der Waals surface area contributed by atoms with E-state index in [9.17, 15) is 22.8 Å². The number of carbonyl (C=O) groups is 2. The van der Waals surface area contributed by atoms with Crippen LogP contribution < -0.4 is 15.5 Å². The van der Waals surface area contributed by atoms with Gasteiger partial charge in [-0.1, -0.05) is 12.1 Å². The van der Waals surface area contributed by atoms with Crippen molar-refractivity contribution in [2.24, 2.45) is 0 Å². The van der Waals surface area contributed by atoms with E-state index in [1.807, 2.05) is 0 Å². The van der Waals surface area contributed by atoms with Crippen LogP contribution >= 0.6 is 0 Å². The van der Waals surface area contributed by atoms with Crippen molar-refractivity contribution < 1.29 is 27.5 Å². The first kappa shape index (κ1) is 20.6. The fourth-order valence-corrected chi connectivity index (χ4v) is 2.96. The molecule has 29 heavy (non-hydrogen) atoms. The zero-order chi connectivity index (χ0) is 21.2. The molecule has 0 bridgehead atoms. The number of nitrogens with zero attached hydrogens (tertiary/aromatic N) is 2. The van der Waals surface area contributed by atoms with Crippen molar-refractivity contribution in [1.29, 1.82) is 0 Å². The van der Waals surface area contributed by atoms with Gasteiger partial charge in [-0.15, -0.1) is 0 Å². The van der Waals surface area contributed by atoms with E-state index in [-0.39, 0.29) is 24.9 Å². The number of aryl methyl sites for hydroxylation is 1. The van der Waals surface area contributed by atoms with Crippen LogP contribution in [-0.4, -0.2) is 37.2 Å². The van der Waals surface area contributed by atoms with Gasteiger partial charge in [-0.3, -0.25) is 9.69 Å². The van der Waals surface area contributed by atoms with Gasteiger partial charge in [0.05, 0.1) is 23.9 Å². The van der Waals surface area contributed by atoms with E-state index in [0.29, 0.717) is 11.3 Å². The molecule has 1 atom stereocenters. The van der Waals surface area contributed by atoms with Crippen molar-refractivity contribution in [2.45, 2.75) is 19.1 Å². The highest BCUT2D eigenvalue weighted by Gasteiger charge is 2.32. The molecule has 154 valence electrons. The summed E-state index contributed by atoms with van der Waals surface area (Å²) in [5.41, 5.74) is 0.874. The molecule has 2 N–H and O–H groups in total. The molecule has 1 unspecified atom stereocenters. The number of benzene rings is 1. The molecule has 3 amide bonds. The predicted octanol–water partition coefficient (Wildman–Crippen LogP) is 3.26. The number of methoxy groups -OCH3 is 1. The Hall–Kier alpha value is -3.14. The van der Waals surface area contributed by atoms with E-state index < -0.39 is 23.8 Å². The molecule has 1 aliphatic heterocycles. The van der Waals surface area contributed by atoms with Crippen LogP contribution in [0.2, 0.25) is 0 Å². The van der Waals surface area contributed by atoms with Crippen molar-refractivity contribution in [3.63, 3.8) is 0 Å². The quantitative estimate of drug-likeness (QED) is 0.814. The number of halogens is 3. The molecule has 0 fully saturated rings. The van der Waals surface area contributed by atoms with Crippen LogP contribution in [0.15, 0.2) is 36.5 Å². The first-order chi connectivity index (χ1) is 13.7. The number of amides is 3. The normalized spacial score (nSPS) is 14.8. The Bertz CT molecular complexity index is 916. The minimum absolute atomic E-state index is 0.0331. The Kier molecular flexibility index (Phi) is 5.73. The summed E-state index contributed by atoms with van der Waals surface area (Å²) >= 11 is 0. The summed E-state index contributed by atoms with van der Waals surface area (Å²) in [4.78, 5) is 30.2. The molecule has 2 aromatic rings. The summed E-state index contributed by atoms with van der Waals surface area (Å²) in [6.45, 7) is 1.60. The highest BCUT2D eigenvalue weighted by molar-refractivity contribution is 6.08. The maximum atomic E-state index is 12.8. The van der Waals surface area contributed by atoms with Crippen LogP contribution in [0.3, 0.4) is 0 Å². The molecule has 7 nitrogen and oxygen atoms in total. The second kappa shape index (κ2) is 8.08. The SMILES string of the molecule is COCC(NC(=O)N1CC(=O)Nc2cc(C)cnc21)c1ccc(C(F)(F)F)cc1. The molecule has 1 aliphatic rings. The maximum absolute atomic E-state index is 12.8. The highest BCUT2D eigenvalue weighted by Crippen LogP contribution is 2.31. The molecule has 0 saturated carbocycles. The molecule has 0 radical (unpaired) electrons. The molecule has 1 aromatic carbocycles. The molecule has 10 heteroatoms. The number of hydrogen-bond donors (Lipinski definition) is 2. The number of alkyl halides is 3. The third-order valence-corrected chi connectivity index (χ3v) is 4.35. The summed E-state index contributed by atoms with van der Waals surface area (Å²) in [5.74, 6) is -0.0887. The lowest BCUT2D eigenvalue weighted by Crippen LogP contribution is -2.49. The van der Waals surface area contributed by atoms with Crippen molar-refractivity contribution in [2.75, 3.05) is 30.5 Å². The number of anilines is 2. The number of rotatable bonds is 4. The highest BCUT2D eigenvalue weighted by atomic mass is 19.4. The van der Waals surface area contributed by atoms with Crippen LogP contribution in [0.5, 0.6) is 0 Å². The van der Waals surface area contributed by atoms with Gasteiger partial charge in [-0.05, 0) is 36.2 Å². The van der Waals surface area contributed by atoms with E-state index in [4.69, 9.17) is 4.74 Å². The topological polar surface area (TPSA) is 83.6 Å². The Labute approximate surface area is 164 Å². The first-order valence-electron chi connectivity index (χ1n) is 8.69. The van der Waals surface area contributed by atoms with Crippen molar-refractivity contribution in [1.82, 2.24) is 10.3 Å². The predicted molar refractivity (Wildman–Crippen MR) is 99.5 cm³/mol. The third-order valence-electron chi connectivity index (χ3n) is 4.35. The molecular weight excluding hydrogens is 389 g/mol. The molecular formula is C19H19F3N4O3. The number of fused-ring (bicyclic) bond motifs is 1. The van der Waals surface area contributed by atoms with Gasteiger partial charge in [-0.25, -0.2) is 9.78 Å². The van der Waals surface area contributed by atoms with Gasteiger partial charge < -0.3 is 15.4 Å².